The van der Waals surface area contributed by atoms with Gasteiger partial charge in [-0.25, -0.2) is 0 Å². The van der Waals surface area contributed by atoms with Crippen molar-refractivity contribution in [1.29, 1.82) is 0 Å². The molecule has 1 aromatic rings. The molecule has 0 aromatic heterocycles. The maximum Gasteiger partial charge on any atom is 0.305 e. The lowest BCUT2D eigenvalue weighted by molar-refractivity contribution is -0.140. The van der Waals surface area contributed by atoms with Crippen molar-refractivity contribution in [3.63, 3.8) is 0 Å². The van der Waals surface area contributed by atoms with Crippen molar-refractivity contribution >= 4 is 27.8 Å². The number of halogens is 1. The monoisotopic (exact) mass is 353 g/mol. The molecule has 0 spiro atoms. The van der Waals surface area contributed by atoms with E-state index in [-0.39, 0.29) is 17.8 Å². The lowest BCUT2D eigenvalue weighted by atomic mass is 10.1. The zero-order valence-corrected chi connectivity index (χ0v) is 13.7. The summed E-state index contributed by atoms with van der Waals surface area (Å²) in [6.45, 7) is 0.623. The van der Waals surface area contributed by atoms with Crippen molar-refractivity contribution in [2.75, 3.05) is 13.7 Å². The third-order valence-corrected chi connectivity index (χ3v) is 4.23. The maximum absolute atomic E-state index is 12.0. The average molecular weight is 354 g/mol. The fourth-order valence-corrected chi connectivity index (χ4v) is 2.85. The van der Waals surface area contributed by atoms with Crippen molar-refractivity contribution in [3.8, 4) is 0 Å². The molecule has 2 atom stereocenters. The summed E-state index contributed by atoms with van der Waals surface area (Å²) in [5, 5.41) is 2.95. The van der Waals surface area contributed by atoms with E-state index in [9.17, 15) is 9.59 Å². The Bertz CT molecular complexity index is 518. The van der Waals surface area contributed by atoms with Crippen molar-refractivity contribution < 1.29 is 14.3 Å². The van der Waals surface area contributed by atoms with Gasteiger partial charge in [-0.1, -0.05) is 28.1 Å². The molecule has 2 rings (SSSR count). The van der Waals surface area contributed by atoms with Gasteiger partial charge < -0.3 is 10.1 Å². The van der Waals surface area contributed by atoms with Gasteiger partial charge in [-0.05, 0) is 42.9 Å². The zero-order chi connectivity index (χ0) is 15.2. The number of benzene rings is 1. The Morgan fingerprint density at radius 3 is 2.90 bits per heavy atom. The van der Waals surface area contributed by atoms with Crippen LogP contribution in [0.3, 0.4) is 0 Å². The first-order valence-corrected chi connectivity index (χ1v) is 8.01. The molecule has 114 valence electrons. The highest BCUT2D eigenvalue weighted by Crippen LogP contribution is 2.47. The van der Waals surface area contributed by atoms with Crippen LogP contribution in [0.15, 0.2) is 28.7 Å². The van der Waals surface area contributed by atoms with E-state index in [2.05, 4.69) is 38.1 Å². The van der Waals surface area contributed by atoms with E-state index in [1.54, 1.807) is 0 Å². The number of esters is 1. The third-order valence-electron chi connectivity index (χ3n) is 3.74. The second-order valence-corrected chi connectivity index (χ2v) is 6.24. The van der Waals surface area contributed by atoms with Gasteiger partial charge in [-0.2, -0.15) is 0 Å². The molecule has 0 radical (unpaired) electrons. The number of hydrogen-bond acceptors (Lipinski definition) is 3. The van der Waals surface area contributed by atoms with Gasteiger partial charge in [0.2, 0.25) is 5.91 Å². The largest absolute Gasteiger partial charge is 0.469 e. The van der Waals surface area contributed by atoms with Crippen LogP contribution < -0.4 is 5.32 Å². The number of hydrogen-bond donors (Lipinski definition) is 1. The molecule has 1 N–H and O–H groups in total. The normalized spacial score (nSPS) is 19.9. The van der Waals surface area contributed by atoms with E-state index in [0.717, 1.165) is 23.7 Å². The van der Waals surface area contributed by atoms with Crippen LogP contribution in [0.1, 0.15) is 37.2 Å². The molecule has 1 amide bonds. The first-order valence-electron chi connectivity index (χ1n) is 7.22. The molecule has 0 bridgehead atoms. The average Bonchev–Trinajstić information content (AvgIpc) is 3.27. The Morgan fingerprint density at radius 1 is 1.38 bits per heavy atom. The van der Waals surface area contributed by atoms with E-state index >= 15 is 0 Å². The molecular formula is C16H20BrNO3. The Morgan fingerprint density at radius 2 is 2.19 bits per heavy atom. The first-order chi connectivity index (χ1) is 10.1. The molecule has 1 aliphatic carbocycles. The molecule has 21 heavy (non-hydrogen) atoms. The predicted molar refractivity (Wildman–Crippen MR) is 83.9 cm³/mol. The molecule has 4 nitrogen and oxygen atoms in total. The van der Waals surface area contributed by atoms with Gasteiger partial charge in [0.05, 0.1) is 7.11 Å². The van der Waals surface area contributed by atoms with E-state index < -0.39 is 0 Å². The quantitative estimate of drug-likeness (QED) is 0.605. The maximum atomic E-state index is 12.0. The number of carbonyl (C=O) groups is 2. The number of ether oxygens (including phenoxy) is 1. The molecule has 2 unspecified atom stereocenters. The van der Waals surface area contributed by atoms with Crippen LogP contribution in [0.5, 0.6) is 0 Å². The predicted octanol–water partition coefficient (Wildman–Crippen LogP) is 3.01. The number of carbonyl (C=O) groups excluding carboxylic acids is 2. The van der Waals surface area contributed by atoms with Gasteiger partial charge in [-0.15, -0.1) is 0 Å². The minimum atomic E-state index is -0.196. The summed E-state index contributed by atoms with van der Waals surface area (Å²) in [7, 11) is 1.39. The van der Waals surface area contributed by atoms with Gasteiger partial charge in [-0.3, -0.25) is 9.59 Å². The van der Waals surface area contributed by atoms with Crippen LogP contribution in [-0.2, 0) is 14.3 Å². The fourth-order valence-electron chi connectivity index (χ4n) is 2.43. The van der Waals surface area contributed by atoms with Gasteiger partial charge in [0, 0.05) is 23.4 Å². The van der Waals surface area contributed by atoms with Crippen molar-refractivity contribution in [2.45, 2.75) is 31.6 Å². The smallest absolute Gasteiger partial charge is 0.305 e. The Labute approximate surface area is 133 Å². The molecular weight excluding hydrogens is 334 g/mol. The van der Waals surface area contributed by atoms with E-state index in [4.69, 9.17) is 0 Å². The molecule has 0 saturated heterocycles. The lowest BCUT2D eigenvalue weighted by Gasteiger charge is -2.05. The van der Waals surface area contributed by atoms with Crippen molar-refractivity contribution in [1.82, 2.24) is 5.32 Å². The summed E-state index contributed by atoms with van der Waals surface area (Å²) >= 11 is 3.45. The van der Waals surface area contributed by atoms with Crippen LogP contribution in [0.25, 0.3) is 0 Å². The Balaban J connectivity index is 1.66. The van der Waals surface area contributed by atoms with Crippen LogP contribution >= 0.6 is 15.9 Å². The first kappa shape index (κ1) is 16.0. The van der Waals surface area contributed by atoms with E-state index in [0.29, 0.717) is 18.9 Å². The topological polar surface area (TPSA) is 55.4 Å². The Hall–Kier alpha value is -1.36. The van der Waals surface area contributed by atoms with Gasteiger partial charge in [0.25, 0.3) is 0 Å². The highest BCUT2D eigenvalue weighted by Gasteiger charge is 2.43. The summed E-state index contributed by atoms with van der Waals surface area (Å²) in [4.78, 5) is 23.0. The highest BCUT2D eigenvalue weighted by atomic mass is 79.9. The zero-order valence-electron chi connectivity index (χ0n) is 12.1. The SMILES string of the molecule is COC(=O)CCCCNC(=O)C1CC1c1cccc(Br)c1. The number of rotatable bonds is 7. The number of unbranched alkanes of at least 4 members (excludes halogenated alkanes) is 1. The molecule has 1 aromatic carbocycles. The fraction of sp³-hybridized carbons (Fsp3) is 0.500. The summed E-state index contributed by atoms with van der Waals surface area (Å²) in [5.74, 6) is 0.369. The van der Waals surface area contributed by atoms with Crippen LogP contribution in [0.4, 0.5) is 0 Å². The molecule has 1 saturated carbocycles. The molecule has 1 aliphatic rings. The lowest BCUT2D eigenvalue weighted by Crippen LogP contribution is -2.26. The minimum Gasteiger partial charge on any atom is -0.469 e. The van der Waals surface area contributed by atoms with Crippen LogP contribution in [0, 0.1) is 5.92 Å². The number of amides is 1. The van der Waals surface area contributed by atoms with Crippen LogP contribution in [0.2, 0.25) is 0 Å². The minimum absolute atomic E-state index is 0.0971. The number of methoxy groups -OCH3 is 1. The molecule has 1 fully saturated rings. The summed E-state index contributed by atoms with van der Waals surface area (Å²) < 4.78 is 5.62. The third kappa shape index (κ3) is 4.84. The second kappa shape index (κ2) is 7.59. The van der Waals surface area contributed by atoms with Gasteiger partial charge in [0.1, 0.15) is 0 Å². The second-order valence-electron chi connectivity index (χ2n) is 5.33. The molecule has 0 aliphatic heterocycles. The van der Waals surface area contributed by atoms with Crippen molar-refractivity contribution in [2.24, 2.45) is 5.92 Å². The van der Waals surface area contributed by atoms with Gasteiger partial charge in [0.15, 0.2) is 0 Å². The van der Waals surface area contributed by atoms with Crippen LogP contribution in [-0.4, -0.2) is 25.5 Å². The molecule has 0 heterocycles. The highest BCUT2D eigenvalue weighted by molar-refractivity contribution is 9.10. The summed E-state index contributed by atoms with van der Waals surface area (Å²) in [5.41, 5.74) is 1.22. The van der Waals surface area contributed by atoms with Crippen molar-refractivity contribution in [3.05, 3.63) is 34.3 Å². The van der Waals surface area contributed by atoms with Gasteiger partial charge >= 0.3 is 5.97 Å². The van der Waals surface area contributed by atoms with E-state index in [1.165, 1.54) is 12.7 Å². The molecule has 5 heteroatoms. The Kier molecular flexibility index (Phi) is 5.79. The summed E-state index contributed by atoms with van der Waals surface area (Å²) in [6.07, 6.45) is 2.88. The standard InChI is InChI=1S/C16H20BrNO3/c1-21-15(19)7-2-3-8-18-16(20)14-10-13(14)11-5-4-6-12(17)9-11/h4-6,9,13-14H,2-3,7-8,10H2,1H3,(H,18,20). The number of nitrogens with one attached hydrogen (secondary N) is 1. The summed E-state index contributed by atoms with van der Waals surface area (Å²) in [6, 6.07) is 8.13. The van der Waals surface area contributed by atoms with E-state index in [1.807, 2.05) is 12.1 Å².